The third kappa shape index (κ3) is 4.59. The van der Waals surface area contributed by atoms with Crippen molar-refractivity contribution in [2.24, 2.45) is 0 Å². The molecular weight excluding hydrogens is 427 g/mol. The molecule has 162 valence electrons. The van der Waals surface area contributed by atoms with Crippen LogP contribution in [0.5, 0.6) is 0 Å². The number of hydrogen-bond donors (Lipinski definition) is 2. The first-order valence-corrected chi connectivity index (χ1v) is 11.1. The van der Waals surface area contributed by atoms with Gasteiger partial charge >= 0.3 is 5.97 Å². The van der Waals surface area contributed by atoms with Gasteiger partial charge in [0.1, 0.15) is 5.82 Å². The van der Waals surface area contributed by atoms with Gasteiger partial charge in [0.2, 0.25) is 0 Å². The van der Waals surface area contributed by atoms with Gasteiger partial charge in [0.15, 0.2) is 0 Å². The summed E-state index contributed by atoms with van der Waals surface area (Å²) in [5.74, 6) is 0.0196. The van der Waals surface area contributed by atoms with Crippen LogP contribution in [0.3, 0.4) is 0 Å². The van der Waals surface area contributed by atoms with Crippen molar-refractivity contribution in [3.63, 3.8) is 0 Å². The number of halogens is 2. The van der Waals surface area contributed by atoms with Crippen LogP contribution in [0.25, 0.3) is 10.9 Å². The van der Waals surface area contributed by atoms with Gasteiger partial charge in [-0.3, -0.25) is 4.79 Å². The van der Waals surface area contributed by atoms with Gasteiger partial charge in [-0.05, 0) is 25.0 Å². The van der Waals surface area contributed by atoms with Crippen LogP contribution in [0.1, 0.15) is 19.3 Å². The molecule has 0 bridgehead atoms. The highest BCUT2D eigenvalue weighted by atomic mass is 35.5. The number of pyridine rings is 1. The van der Waals surface area contributed by atoms with E-state index in [1.54, 1.807) is 0 Å². The van der Waals surface area contributed by atoms with Crippen molar-refractivity contribution in [2.75, 3.05) is 55.7 Å². The maximum atomic E-state index is 10.7. The molecule has 2 aliphatic rings. The molecule has 30 heavy (non-hydrogen) atoms. The van der Waals surface area contributed by atoms with Gasteiger partial charge in [-0.2, -0.15) is 0 Å². The summed E-state index contributed by atoms with van der Waals surface area (Å²) in [6.07, 6.45) is 2.04. The van der Waals surface area contributed by atoms with Crippen molar-refractivity contribution < 1.29 is 14.6 Å². The zero-order valence-electron chi connectivity index (χ0n) is 16.7. The van der Waals surface area contributed by atoms with Crippen LogP contribution in [-0.4, -0.2) is 68.0 Å². The number of nitrogens with one attached hydrogen (secondary N) is 1. The first kappa shape index (κ1) is 21.4. The van der Waals surface area contributed by atoms with Crippen LogP contribution in [-0.2, 0) is 9.53 Å². The number of carboxylic acids is 1. The van der Waals surface area contributed by atoms with Crippen molar-refractivity contribution in [2.45, 2.75) is 25.3 Å². The lowest BCUT2D eigenvalue weighted by molar-refractivity contribution is -0.138. The van der Waals surface area contributed by atoms with Gasteiger partial charge in [-0.1, -0.05) is 23.2 Å². The Labute approximate surface area is 185 Å². The molecule has 1 aromatic heterocycles. The summed E-state index contributed by atoms with van der Waals surface area (Å²) >= 11 is 12.9. The van der Waals surface area contributed by atoms with E-state index < -0.39 is 5.97 Å². The van der Waals surface area contributed by atoms with Crippen molar-refractivity contribution in [3.05, 3.63) is 28.2 Å². The molecule has 0 radical (unpaired) electrons. The molecule has 7 nitrogen and oxygen atoms in total. The van der Waals surface area contributed by atoms with Crippen molar-refractivity contribution in [1.29, 1.82) is 0 Å². The zero-order valence-corrected chi connectivity index (χ0v) is 18.3. The number of carbonyl (C=O) groups is 1. The Hall–Kier alpha value is -1.80. The fourth-order valence-electron chi connectivity index (χ4n) is 4.21. The van der Waals surface area contributed by atoms with Crippen LogP contribution < -0.4 is 15.1 Å². The predicted molar refractivity (Wildman–Crippen MR) is 120 cm³/mol. The second kappa shape index (κ2) is 9.56. The van der Waals surface area contributed by atoms with Crippen LogP contribution >= 0.6 is 23.2 Å². The highest BCUT2D eigenvalue weighted by Crippen LogP contribution is 2.38. The Morgan fingerprint density at radius 3 is 2.83 bits per heavy atom. The van der Waals surface area contributed by atoms with E-state index in [0.29, 0.717) is 22.2 Å². The van der Waals surface area contributed by atoms with Crippen LogP contribution in [0.4, 0.5) is 11.5 Å². The highest BCUT2D eigenvalue weighted by Gasteiger charge is 2.28. The largest absolute Gasteiger partial charge is 0.481 e. The SMILES string of the molecule is O=C(O)CCOC[C@@H]1CCCN1c1cc(N2CCNCC2)c2ccc(Cl)c(Cl)c2n1. The van der Waals surface area contributed by atoms with Gasteiger partial charge in [0.25, 0.3) is 0 Å². The molecular formula is C21H26Cl2N4O3. The van der Waals surface area contributed by atoms with E-state index in [1.807, 2.05) is 12.1 Å². The molecule has 2 aromatic rings. The van der Waals surface area contributed by atoms with Crippen molar-refractivity contribution >= 4 is 51.6 Å². The number of aromatic nitrogens is 1. The van der Waals surface area contributed by atoms with E-state index in [0.717, 1.165) is 62.5 Å². The monoisotopic (exact) mass is 452 g/mol. The summed E-state index contributed by atoms with van der Waals surface area (Å²) in [5, 5.41) is 14.2. The topological polar surface area (TPSA) is 77.9 Å². The van der Waals surface area contributed by atoms with E-state index in [1.165, 1.54) is 0 Å². The summed E-state index contributed by atoms with van der Waals surface area (Å²) in [7, 11) is 0. The van der Waals surface area contributed by atoms with Gasteiger partial charge in [-0.15, -0.1) is 0 Å². The van der Waals surface area contributed by atoms with Gasteiger partial charge in [0.05, 0.1) is 41.2 Å². The smallest absolute Gasteiger partial charge is 0.305 e. The Morgan fingerprint density at radius 2 is 2.07 bits per heavy atom. The number of nitrogens with zero attached hydrogens (tertiary/aromatic N) is 3. The second-order valence-corrected chi connectivity index (χ2v) is 8.49. The second-order valence-electron chi connectivity index (χ2n) is 7.70. The minimum Gasteiger partial charge on any atom is -0.481 e. The molecule has 2 saturated heterocycles. The molecule has 3 heterocycles. The third-order valence-electron chi connectivity index (χ3n) is 5.74. The van der Waals surface area contributed by atoms with E-state index in [2.05, 4.69) is 21.2 Å². The average Bonchev–Trinajstić information content (AvgIpc) is 3.22. The normalized spacial score (nSPS) is 19.6. The Balaban J connectivity index is 1.65. The number of aliphatic carboxylic acids is 1. The van der Waals surface area contributed by atoms with Crippen LogP contribution in [0.15, 0.2) is 18.2 Å². The van der Waals surface area contributed by atoms with Gasteiger partial charge in [0, 0.05) is 49.9 Å². The summed E-state index contributed by atoms with van der Waals surface area (Å²) < 4.78 is 5.64. The summed E-state index contributed by atoms with van der Waals surface area (Å²) in [6.45, 7) is 5.29. The number of rotatable bonds is 7. The molecule has 0 aliphatic carbocycles. The number of hydrogen-bond acceptors (Lipinski definition) is 6. The lowest BCUT2D eigenvalue weighted by atomic mass is 10.1. The van der Waals surface area contributed by atoms with Crippen molar-refractivity contribution in [3.8, 4) is 0 Å². The highest BCUT2D eigenvalue weighted by molar-refractivity contribution is 6.45. The molecule has 2 aliphatic heterocycles. The number of benzene rings is 1. The Bertz CT molecular complexity index is 921. The van der Waals surface area contributed by atoms with E-state index in [-0.39, 0.29) is 19.1 Å². The predicted octanol–water partition coefficient (Wildman–Crippen LogP) is 3.41. The molecule has 9 heteroatoms. The molecule has 1 aromatic carbocycles. The van der Waals surface area contributed by atoms with Crippen LogP contribution in [0.2, 0.25) is 10.0 Å². The zero-order chi connectivity index (χ0) is 21.1. The van der Waals surface area contributed by atoms with Gasteiger partial charge < -0.3 is 25.0 Å². The van der Waals surface area contributed by atoms with Crippen molar-refractivity contribution in [1.82, 2.24) is 10.3 Å². The molecule has 4 rings (SSSR count). The average molecular weight is 453 g/mol. The summed E-state index contributed by atoms with van der Waals surface area (Å²) in [5.41, 5.74) is 1.83. The lowest BCUT2D eigenvalue weighted by Crippen LogP contribution is -2.43. The number of ether oxygens (including phenoxy) is 1. The maximum absolute atomic E-state index is 10.7. The van der Waals surface area contributed by atoms with E-state index >= 15 is 0 Å². The Morgan fingerprint density at radius 1 is 1.27 bits per heavy atom. The number of anilines is 2. The minimum atomic E-state index is -0.846. The molecule has 1 atom stereocenters. The quantitative estimate of drug-likeness (QED) is 0.623. The maximum Gasteiger partial charge on any atom is 0.305 e. The molecule has 0 saturated carbocycles. The Kier molecular flexibility index (Phi) is 6.83. The molecule has 0 amide bonds. The third-order valence-corrected chi connectivity index (χ3v) is 6.53. The lowest BCUT2D eigenvalue weighted by Gasteiger charge is -2.32. The molecule has 0 unspecified atom stereocenters. The minimum absolute atomic E-state index is 0.0161. The number of fused-ring (bicyclic) bond motifs is 1. The fraction of sp³-hybridized carbons (Fsp3) is 0.524. The fourth-order valence-corrected chi connectivity index (χ4v) is 4.57. The number of piperazine rings is 1. The summed E-state index contributed by atoms with van der Waals surface area (Å²) in [6, 6.07) is 6.13. The molecule has 2 N–H and O–H groups in total. The van der Waals surface area contributed by atoms with Crippen LogP contribution in [0, 0.1) is 0 Å². The van der Waals surface area contributed by atoms with E-state index in [9.17, 15) is 4.79 Å². The first-order valence-electron chi connectivity index (χ1n) is 10.3. The molecule has 0 spiro atoms. The number of carboxylic acid groups (broad SMARTS) is 1. The first-order chi connectivity index (χ1) is 14.5. The van der Waals surface area contributed by atoms with Gasteiger partial charge in [-0.25, -0.2) is 4.98 Å². The summed E-state index contributed by atoms with van der Waals surface area (Å²) in [4.78, 5) is 20.2. The van der Waals surface area contributed by atoms with E-state index in [4.69, 9.17) is 38.0 Å². The molecule has 2 fully saturated rings. The standard InChI is InChI=1S/C21H26Cl2N4O3/c22-16-4-3-15-17(26-9-6-24-7-10-26)12-18(25-21(15)20(16)23)27-8-1-2-14(27)13-30-11-5-19(28)29/h3-4,12,14,24H,1-2,5-11,13H2,(H,28,29)/t14-/m0/s1.